The highest BCUT2D eigenvalue weighted by atomic mass is 32.1. The first kappa shape index (κ1) is 13.8. The highest BCUT2D eigenvalue weighted by Crippen LogP contribution is 2.23. The van der Waals surface area contributed by atoms with E-state index in [0.29, 0.717) is 11.6 Å². The van der Waals surface area contributed by atoms with Crippen LogP contribution >= 0.6 is 11.3 Å². The molecule has 0 aliphatic carbocycles. The fourth-order valence-electron chi connectivity index (χ4n) is 2.43. The second-order valence-electron chi connectivity index (χ2n) is 5.17. The predicted octanol–water partition coefficient (Wildman–Crippen LogP) is 3.43. The first-order valence-corrected chi connectivity index (χ1v) is 7.63. The molecule has 2 aromatic heterocycles. The minimum absolute atomic E-state index is 0.0277. The van der Waals surface area contributed by atoms with Gasteiger partial charge >= 0.3 is 0 Å². The molecule has 0 atom stereocenters. The maximum Gasteiger partial charge on any atom is 0.230 e. The smallest absolute Gasteiger partial charge is 0.230 e. The van der Waals surface area contributed by atoms with Crippen molar-refractivity contribution in [2.75, 3.05) is 5.32 Å². The Balaban J connectivity index is 1.80. The zero-order valence-corrected chi connectivity index (χ0v) is 13.1. The Morgan fingerprint density at radius 3 is 2.81 bits per heavy atom. The predicted molar refractivity (Wildman–Crippen MR) is 86.8 cm³/mol. The van der Waals surface area contributed by atoms with Crippen molar-refractivity contribution in [3.05, 3.63) is 46.6 Å². The number of hydrogen-bond acceptors (Lipinski definition) is 3. The van der Waals surface area contributed by atoms with E-state index in [1.54, 1.807) is 0 Å². The average molecular weight is 299 g/mol. The number of fused-ring (bicyclic) bond motifs is 1. The fraction of sp³-hybridized carbons (Fsp3) is 0.250. The normalized spacial score (nSPS) is 11.0. The summed E-state index contributed by atoms with van der Waals surface area (Å²) < 4.78 is 2.05. The molecule has 5 heteroatoms. The van der Waals surface area contributed by atoms with Gasteiger partial charge in [0, 0.05) is 29.0 Å². The lowest BCUT2D eigenvalue weighted by Crippen LogP contribution is -2.14. The van der Waals surface area contributed by atoms with E-state index in [4.69, 9.17) is 0 Å². The number of rotatable bonds is 3. The molecule has 1 aromatic carbocycles. The van der Waals surface area contributed by atoms with Crippen molar-refractivity contribution in [1.82, 2.24) is 9.55 Å². The van der Waals surface area contributed by atoms with Gasteiger partial charge in [-0.05, 0) is 25.5 Å². The number of carbonyl (C=O) groups is 1. The van der Waals surface area contributed by atoms with Crippen molar-refractivity contribution in [2.24, 2.45) is 7.05 Å². The Bertz CT molecular complexity index is 797. The molecule has 108 valence electrons. The van der Waals surface area contributed by atoms with Gasteiger partial charge in [-0.2, -0.15) is 0 Å². The van der Waals surface area contributed by atoms with Crippen LogP contribution in [0, 0.1) is 13.8 Å². The molecule has 0 bridgehead atoms. The average Bonchev–Trinajstić information content (AvgIpc) is 2.91. The van der Waals surface area contributed by atoms with Crippen molar-refractivity contribution in [1.29, 1.82) is 0 Å². The fourth-order valence-corrected chi connectivity index (χ4v) is 3.26. The van der Waals surface area contributed by atoms with Crippen molar-refractivity contribution in [3.8, 4) is 0 Å². The van der Waals surface area contributed by atoms with Crippen molar-refractivity contribution >= 4 is 33.3 Å². The van der Waals surface area contributed by atoms with Gasteiger partial charge in [-0.15, -0.1) is 11.3 Å². The van der Waals surface area contributed by atoms with Crippen LogP contribution in [0.4, 0.5) is 5.13 Å². The van der Waals surface area contributed by atoms with Crippen LogP contribution in [-0.2, 0) is 18.3 Å². The van der Waals surface area contributed by atoms with Crippen LogP contribution in [0.25, 0.3) is 10.9 Å². The van der Waals surface area contributed by atoms with E-state index < -0.39 is 0 Å². The largest absolute Gasteiger partial charge is 0.350 e. The molecule has 1 amide bonds. The van der Waals surface area contributed by atoms with Crippen LogP contribution in [0.5, 0.6) is 0 Å². The second kappa shape index (κ2) is 5.33. The third-order valence-electron chi connectivity index (χ3n) is 3.61. The standard InChI is InChI=1S/C16H17N3OS/c1-10-11(2)21-16(17-10)18-15(20)8-12-9-19(3)14-7-5-4-6-13(12)14/h4-7,9H,8H2,1-3H3,(H,17,18,20). The highest BCUT2D eigenvalue weighted by molar-refractivity contribution is 7.15. The minimum Gasteiger partial charge on any atom is -0.350 e. The summed E-state index contributed by atoms with van der Waals surface area (Å²) in [6.07, 6.45) is 2.38. The molecular formula is C16H17N3OS. The molecule has 3 rings (SSSR count). The van der Waals surface area contributed by atoms with Gasteiger partial charge in [-0.25, -0.2) is 4.98 Å². The summed E-state index contributed by atoms with van der Waals surface area (Å²) in [7, 11) is 2.00. The Kier molecular flexibility index (Phi) is 3.51. The minimum atomic E-state index is -0.0277. The van der Waals surface area contributed by atoms with E-state index in [0.717, 1.165) is 27.0 Å². The van der Waals surface area contributed by atoms with Crippen molar-refractivity contribution in [2.45, 2.75) is 20.3 Å². The van der Waals surface area contributed by atoms with Gasteiger partial charge in [0.05, 0.1) is 12.1 Å². The van der Waals surface area contributed by atoms with Gasteiger partial charge in [-0.3, -0.25) is 4.79 Å². The monoisotopic (exact) mass is 299 g/mol. The number of aromatic nitrogens is 2. The van der Waals surface area contributed by atoms with E-state index >= 15 is 0 Å². The van der Waals surface area contributed by atoms with Gasteiger partial charge < -0.3 is 9.88 Å². The summed E-state index contributed by atoms with van der Waals surface area (Å²) in [5, 5.41) is 4.69. The zero-order valence-electron chi connectivity index (χ0n) is 12.3. The third kappa shape index (κ3) is 2.69. The molecule has 0 radical (unpaired) electrons. The molecule has 0 fully saturated rings. The van der Waals surface area contributed by atoms with Gasteiger partial charge in [0.25, 0.3) is 0 Å². The number of aryl methyl sites for hydroxylation is 3. The van der Waals surface area contributed by atoms with E-state index in [1.807, 2.05) is 39.2 Å². The number of benzene rings is 1. The lowest BCUT2D eigenvalue weighted by atomic mass is 10.1. The maximum absolute atomic E-state index is 12.2. The molecule has 21 heavy (non-hydrogen) atoms. The van der Waals surface area contributed by atoms with Gasteiger partial charge in [0.2, 0.25) is 5.91 Å². The number of carbonyl (C=O) groups excluding carboxylic acids is 1. The Labute approximate surface area is 127 Å². The van der Waals surface area contributed by atoms with Crippen LogP contribution in [-0.4, -0.2) is 15.5 Å². The van der Waals surface area contributed by atoms with E-state index in [-0.39, 0.29) is 5.91 Å². The molecule has 0 saturated carbocycles. The summed E-state index contributed by atoms with van der Waals surface area (Å²) in [6, 6.07) is 8.12. The number of anilines is 1. The maximum atomic E-state index is 12.2. The number of thiazole rings is 1. The molecule has 1 N–H and O–H groups in total. The summed E-state index contributed by atoms with van der Waals surface area (Å²) in [6.45, 7) is 3.96. The van der Waals surface area contributed by atoms with Crippen LogP contribution in [0.3, 0.4) is 0 Å². The lowest BCUT2D eigenvalue weighted by Gasteiger charge is -2.00. The van der Waals surface area contributed by atoms with Gasteiger partial charge in [-0.1, -0.05) is 18.2 Å². The number of nitrogens with zero attached hydrogens (tertiary/aromatic N) is 2. The van der Waals surface area contributed by atoms with Crippen molar-refractivity contribution < 1.29 is 4.79 Å². The van der Waals surface area contributed by atoms with E-state index in [2.05, 4.69) is 27.0 Å². The molecule has 0 saturated heterocycles. The van der Waals surface area contributed by atoms with Gasteiger partial charge in [0.1, 0.15) is 0 Å². The van der Waals surface area contributed by atoms with Crippen LogP contribution in [0.2, 0.25) is 0 Å². The summed E-state index contributed by atoms with van der Waals surface area (Å²) >= 11 is 1.51. The molecule has 4 nitrogen and oxygen atoms in total. The van der Waals surface area contributed by atoms with Crippen LogP contribution in [0.1, 0.15) is 16.1 Å². The Hall–Kier alpha value is -2.14. The number of hydrogen-bond donors (Lipinski definition) is 1. The molecule has 0 aliphatic rings. The Morgan fingerprint density at radius 2 is 2.10 bits per heavy atom. The highest BCUT2D eigenvalue weighted by Gasteiger charge is 2.12. The summed E-state index contributed by atoms with van der Waals surface area (Å²) in [4.78, 5) is 17.7. The molecule has 0 aliphatic heterocycles. The quantitative estimate of drug-likeness (QED) is 0.805. The van der Waals surface area contributed by atoms with Crippen molar-refractivity contribution in [3.63, 3.8) is 0 Å². The summed E-state index contributed by atoms with van der Waals surface area (Å²) in [5.74, 6) is -0.0277. The molecular weight excluding hydrogens is 282 g/mol. The molecule has 0 unspecified atom stereocenters. The van der Waals surface area contributed by atoms with E-state index in [1.165, 1.54) is 11.3 Å². The SMILES string of the molecule is Cc1nc(NC(=O)Cc2cn(C)c3ccccc23)sc1C. The lowest BCUT2D eigenvalue weighted by molar-refractivity contribution is -0.115. The number of amides is 1. The van der Waals surface area contributed by atoms with Crippen LogP contribution in [0.15, 0.2) is 30.5 Å². The number of nitrogens with one attached hydrogen (secondary N) is 1. The molecule has 2 heterocycles. The second-order valence-corrected chi connectivity index (χ2v) is 6.37. The Morgan fingerprint density at radius 1 is 1.33 bits per heavy atom. The number of para-hydroxylation sites is 1. The molecule has 0 spiro atoms. The first-order chi connectivity index (χ1) is 10.0. The third-order valence-corrected chi connectivity index (χ3v) is 4.59. The van der Waals surface area contributed by atoms with E-state index in [9.17, 15) is 4.79 Å². The topological polar surface area (TPSA) is 46.9 Å². The first-order valence-electron chi connectivity index (χ1n) is 6.81. The molecule has 3 aromatic rings. The summed E-state index contributed by atoms with van der Waals surface area (Å²) in [5.41, 5.74) is 3.15. The zero-order chi connectivity index (χ0) is 15.0. The van der Waals surface area contributed by atoms with Gasteiger partial charge in [0.15, 0.2) is 5.13 Å². The van der Waals surface area contributed by atoms with Crippen LogP contribution < -0.4 is 5.32 Å².